The van der Waals surface area contributed by atoms with Crippen molar-refractivity contribution in [1.29, 1.82) is 0 Å². The molecule has 12 heteroatoms. The molecule has 0 aromatic heterocycles. The normalized spacial score (nSPS) is 13.4. The fourth-order valence-electron chi connectivity index (χ4n) is 3.51. The monoisotopic (exact) mass is 459 g/mol. The van der Waals surface area contributed by atoms with Crippen molar-refractivity contribution in [2.45, 2.75) is 6.92 Å². The molecule has 1 fully saturated rings. The SMILES string of the molecule is COc1ccc(N2CCN(C(=S)NC(=O)c3cccc([N+](=O)[O-])c3C)CC2)c([N+](=O)[O-])c1. The number of nitrogens with zero attached hydrogens (tertiary/aromatic N) is 4. The molecule has 1 aliphatic heterocycles. The molecule has 1 N–H and O–H groups in total. The molecule has 0 radical (unpaired) electrons. The van der Waals surface area contributed by atoms with E-state index in [0.717, 1.165) is 0 Å². The zero-order valence-corrected chi connectivity index (χ0v) is 18.3. The van der Waals surface area contributed by atoms with E-state index in [2.05, 4.69) is 5.32 Å². The Bertz CT molecular complexity index is 1080. The summed E-state index contributed by atoms with van der Waals surface area (Å²) >= 11 is 5.35. The van der Waals surface area contributed by atoms with Crippen LogP contribution in [0.3, 0.4) is 0 Å². The summed E-state index contributed by atoms with van der Waals surface area (Å²) in [7, 11) is 1.45. The zero-order valence-electron chi connectivity index (χ0n) is 17.4. The lowest BCUT2D eigenvalue weighted by Gasteiger charge is -2.37. The maximum atomic E-state index is 12.6. The molecule has 0 atom stereocenters. The number of hydrogen-bond donors (Lipinski definition) is 1. The first kappa shape index (κ1) is 22.9. The van der Waals surface area contributed by atoms with E-state index in [1.54, 1.807) is 17.0 Å². The molecule has 11 nitrogen and oxygen atoms in total. The fourth-order valence-corrected chi connectivity index (χ4v) is 3.78. The number of benzene rings is 2. The Morgan fingerprint density at radius 2 is 1.72 bits per heavy atom. The minimum Gasteiger partial charge on any atom is -0.496 e. The highest BCUT2D eigenvalue weighted by atomic mass is 32.1. The van der Waals surface area contributed by atoms with Crippen LogP contribution in [0, 0.1) is 27.2 Å². The molecule has 168 valence electrons. The third-order valence-corrected chi connectivity index (χ3v) is 5.61. The molecule has 1 amide bonds. The topological polar surface area (TPSA) is 131 Å². The first-order valence-corrected chi connectivity index (χ1v) is 10.1. The number of amides is 1. The van der Waals surface area contributed by atoms with E-state index in [0.29, 0.717) is 37.6 Å². The van der Waals surface area contributed by atoms with Crippen molar-refractivity contribution in [2.75, 3.05) is 38.2 Å². The van der Waals surface area contributed by atoms with Crippen LogP contribution < -0.4 is 15.0 Å². The molecule has 2 aromatic carbocycles. The van der Waals surface area contributed by atoms with Crippen LogP contribution >= 0.6 is 12.2 Å². The standard InChI is InChI=1S/C20H21N5O6S/c1-13-15(4-3-5-16(13)24(27)28)19(26)21-20(32)23-10-8-22(9-11-23)17-7-6-14(31-2)12-18(17)25(29)30/h3-7,12H,8-11H2,1-2H3,(H,21,26,32). The Morgan fingerprint density at radius 3 is 2.31 bits per heavy atom. The highest BCUT2D eigenvalue weighted by molar-refractivity contribution is 7.80. The van der Waals surface area contributed by atoms with Gasteiger partial charge in [-0.1, -0.05) is 6.07 Å². The summed E-state index contributed by atoms with van der Waals surface area (Å²) in [5.74, 6) is -0.121. The molecule has 0 spiro atoms. The van der Waals surface area contributed by atoms with Gasteiger partial charge in [0.25, 0.3) is 17.3 Å². The van der Waals surface area contributed by atoms with Crippen molar-refractivity contribution >= 4 is 40.3 Å². The van der Waals surface area contributed by atoms with E-state index in [9.17, 15) is 25.0 Å². The van der Waals surface area contributed by atoms with Gasteiger partial charge in [0.2, 0.25) is 0 Å². The molecule has 32 heavy (non-hydrogen) atoms. The van der Waals surface area contributed by atoms with Crippen LogP contribution in [-0.2, 0) is 0 Å². The second-order valence-electron chi connectivity index (χ2n) is 7.05. The predicted octanol–water partition coefficient (Wildman–Crippen LogP) is 2.66. The van der Waals surface area contributed by atoms with Crippen LogP contribution in [0.2, 0.25) is 0 Å². The van der Waals surface area contributed by atoms with Crippen molar-refractivity contribution < 1.29 is 19.4 Å². The molecule has 1 saturated heterocycles. The first-order chi connectivity index (χ1) is 15.2. The molecule has 0 bridgehead atoms. The summed E-state index contributed by atoms with van der Waals surface area (Å²) in [6.07, 6.45) is 0. The largest absolute Gasteiger partial charge is 0.496 e. The highest BCUT2D eigenvalue weighted by Gasteiger charge is 2.26. The number of hydrogen-bond acceptors (Lipinski definition) is 8. The zero-order chi connectivity index (χ0) is 23.4. The van der Waals surface area contributed by atoms with Gasteiger partial charge < -0.3 is 14.5 Å². The predicted molar refractivity (Wildman–Crippen MR) is 121 cm³/mol. The van der Waals surface area contributed by atoms with Gasteiger partial charge in [-0.15, -0.1) is 0 Å². The lowest BCUT2D eigenvalue weighted by molar-refractivity contribution is -0.385. The van der Waals surface area contributed by atoms with Crippen molar-refractivity contribution in [3.63, 3.8) is 0 Å². The number of rotatable bonds is 5. The summed E-state index contributed by atoms with van der Waals surface area (Å²) in [6.45, 7) is 3.31. The molecule has 0 aliphatic carbocycles. The number of anilines is 1. The summed E-state index contributed by atoms with van der Waals surface area (Å²) < 4.78 is 5.07. The maximum absolute atomic E-state index is 12.6. The van der Waals surface area contributed by atoms with E-state index < -0.39 is 15.8 Å². The smallest absolute Gasteiger partial charge is 0.296 e. The van der Waals surface area contributed by atoms with Crippen LogP contribution in [-0.4, -0.2) is 59.1 Å². The van der Waals surface area contributed by atoms with Gasteiger partial charge in [-0.3, -0.25) is 30.3 Å². The maximum Gasteiger partial charge on any atom is 0.296 e. The number of ether oxygens (including phenoxy) is 1. The van der Waals surface area contributed by atoms with Crippen LogP contribution in [0.4, 0.5) is 17.1 Å². The van der Waals surface area contributed by atoms with Crippen LogP contribution in [0.25, 0.3) is 0 Å². The second kappa shape index (κ2) is 9.56. The molecular weight excluding hydrogens is 438 g/mol. The van der Waals surface area contributed by atoms with E-state index >= 15 is 0 Å². The van der Waals surface area contributed by atoms with E-state index in [1.807, 2.05) is 4.90 Å². The van der Waals surface area contributed by atoms with Gasteiger partial charge >= 0.3 is 0 Å². The van der Waals surface area contributed by atoms with Gasteiger partial charge in [-0.05, 0) is 37.3 Å². The number of nitro groups is 2. The summed E-state index contributed by atoms with van der Waals surface area (Å²) in [6, 6.07) is 8.99. The summed E-state index contributed by atoms with van der Waals surface area (Å²) in [5.41, 5.74) is 0.731. The van der Waals surface area contributed by atoms with Crippen molar-refractivity contribution in [3.05, 3.63) is 67.8 Å². The molecule has 1 heterocycles. The van der Waals surface area contributed by atoms with E-state index in [1.165, 1.54) is 38.3 Å². The van der Waals surface area contributed by atoms with Crippen molar-refractivity contribution in [2.24, 2.45) is 0 Å². The number of nitro benzene ring substituents is 2. The number of nitrogens with one attached hydrogen (secondary N) is 1. The molecule has 2 aromatic rings. The molecule has 0 unspecified atom stereocenters. The number of carbonyl (C=O) groups excluding carboxylic acids is 1. The summed E-state index contributed by atoms with van der Waals surface area (Å²) in [5, 5.41) is 25.4. The van der Waals surface area contributed by atoms with Gasteiger partial charge in [0.15, 0.2) is 5.11 Å². The number of carbonyl (C=O) groups is 1. The lowest BCUT2D eigenvalue weighted by atomic mass is 10.1. The number of thiocarbonyl (C=S) groups is 1. The van der Waals surface area contributed by atoms with Gasteiger partial charge in [0.05, 0.1) is 23.0 Å². The molecule has 0 saturated carbocycles. The van der Waals surface area contributed by atoms with Crippen molar-refractivity contribution in [1.82, 2.24) is 10.2 Å². The minimum atomic E-state index is -0.540. The van der Waals surface area contributed by atoms with Crippen molar-refractivity contribution in [3.8, 4) is 5.75 Å². The fraction of sp³-hybridized carbons (Fsp3) is 0.300. The highest BCUT2D eigenvalue weighted by Crippen LogP contribution is 2.32. The third-order valence-electron chi connectivity index (χ3n) is 5.25. The molecule has 1 aliphatic rings. The number of methoxy groups -OCH3 is 1. The Morgan fingerprint density at radius 1 is 1.06 bits per heavy atom. The minimum absolute atomic E-state index is 0.0465. The summed E-state index contributed by atoms with van der Waals surface area (Å²) in [4.78, 5) is 37.8. The average molecular weight is 459 g/mol. The van der Waals surface area contributed by atoms with Crippen LogP contribution in [0.1, 0.15) is 15.9 Å². The van der Waals surface area contributed by atoms with Gasteiger partial charge in [-0.2, -0.15) is 0 Å². The van der Waals surface area contributed by atoms with Crippen LogP contribution in [0.5, 0.6) is 5.75 Å². The van der Waals surface area contributed by atoms with E-state index in [4.69, 9.17) is 17.0 Å². The quantitative estimate of drug-likeness (QED) is 0.407. The Kier molecular flexibility index (Phi) is 6.83. The lowest BCUT2D eigenvalue weighted by Crippen LogP contribution is -2.52. The average Bonchev–Trinajstić information content (AvgIpc) is 2.78. The van der Waals surface area contributed by atoms with Crippen LogP contribution in [0.15, 0.2) is 36.4 Å². The van der Waals surface area contributed by atoms with Gasteiger partial charge in [-0.25, -0.2) is 0 Å². The van der Waals surface area contributed by atoms with Gasteiger partial charge in [0.1, 0.15) is 11.4 Å². The molecule has 3 rings (SSSR count). The Labute approximate surface area is 188 Å². The number of piperazine rings is 1. The second-order valence-corrected chi connectivity index (χ2v) is 7.44. The first-order valence-electron chi connectivity index (χ1n) is 9.64. The van der Waals surface area contributed by atoms with E-state index in [-0.39, 0.29) is 27.6 Å². The molecular formula is C20H21N5O6S. The Hall–Kier alpha value is -3.80. The van der Waals surface area contributed by atoms with Gasteiger partial charge in [0, 0.05) is 43.4 Å². The third kappa shape index (κ3) is 4.75. The Balaban J connectivity index is 1.66.